The zero-order chi connectivity index (χ0) is 11.8. The van der Waals surface area contributed by atoms with Gasteiger partial charge in [0, 0.05) is 28.4 Å². The van der Waals surface area contributed by atoms with Crippen molar-refractivity contribution in [3.05, 3.63) is 48.0 Å². The minimum atomic E-state index is 0.940. The zero-order valence-corrected chi connectivity index (χ0v) is 9.77. The number of terminal acetylenes is 1. The molecule has 0 aliphatic carbocycles. The molecule has 0 bridgehead atoms. The van der Waals surface area contributed by atoms with Gasteiger partial charge in [-0.15, -0.1) is 6.42 Å². The molecule has 1 aromatic heterocycles. The first-order chi connectivity index (χ1) is 8.35. The Balaban J connectivity index is 2.55. The van der Waals surface area contributed by atoms with E-state index in [4.69, 9.17) is 6.42 Å². The number of hydrogen-bond acceptors (Lipinski definition) is 0. The standard InChI is InChI=1S/C16H13N/c1-3-12-9-10-14-13-7-5-6-8-15(13)17(4-2)16(14)11-12/h1,5-11H,4H2,2H3. The van der Waals surface area contributed by atoms with Gasteiger partial charge in [-0.3, -0.25) is 0 Å². The second-order valence-corrected chi connectivity index (χ2v) is 4.14. The van der Waals surface area contributed by atoms with E-state index < -0.39 is 0 Å². The second-order valence-electron chi connectivity index (χ2n) is 4.14. The number of para-hydroxylation sites is 1. The fraction of sp³-hybridized carbons (Fsp3) is 0.125. The van der Waals surface area contributed by atoms with E-state index in [0.29, 0.717) is 0 Å². The number of aromatic nitrogens is 1. The topological polar surface area (TPSA) is 4.93 Å². The van der Waals surface area contributed by atoms with Crippen LogP contribution in [-0.2, 0) is 6.54 Å². The van der Waals surface area contributed by atoms with E-state index in [9.17, 15) is 0 Å². The van der Waals surface area contributed by atoms with Crippen molar-refractivity contribution in [1.82, 2.24) is 4.57 Å². The minimum absolute atomic E-state index is 0.940. The van der Waals surface area contributed by atoms with Crippen molar-refractivity contribution in [2.45, 2.75) is 13.5 Å². The molecule has 0 atom stereocenters. The average Bonchev–Trinajstić information content (AvgIpc) is 2.71. The molecular formula is C16H13N. The molecule has 82 valence electrons. The van der Waals surface area contributed by atoms with Crippen LogP contribution in [0.3, 0.4) is 0 Å². The summed E-state index contributed by atoms with van der Waals surface area (Å²) in [6, 6.07) is 14.7. The molecule has 0 N–H and O–H groups in total. The molecule has 0 saturated heterocycles. The predicted octanol–water partition coefficient (Wildman–Crippen LogP) is 3.80. The van der Waals surface area contributed by atoms with E-state index in [-0.39, 0.29) is 0 Å². The average molecular weight is 219 g/mol. The van der Waals surface area contributed by atoms with Crippen LogP contribution >= 0.6 is 0 Å². The molecule has 17 heavy (non-hydrogen) atoms. The summed E-state index contributed by atoms with van der Waals surface area (Å²) >= 11 is 0. The van der Waals surface area contributed by atoms with Gasteiger partial charge in [-0.1, -0.05) is 30.2 Å². The lowest BCUT2D eigenvalue weighted by Gasteiger charge is -2.02. The summed E-state index contributed by atoms with van der Waals surface area (Å²) in [6.07, 6.45) is 5.47. The molecule has 1 heteroatoms. The van der Waals surface area contributed by atoms with Gasteiger partial charge < -0.3 is 4.57 Å². The van der Waals surface area contributed by atoms with Gasteiger partial charge in [-0.25, -0.2) is 0 Å². The Hall–Kier alpha value is -2.20. The highest BCUT2D eigenvalue weighted by Gasteiger charge is 2.08. The summed E-state index contributed by atoms with van der Waals surface area (Å²) in [5.74, 6) is 2.70. The van der Waals surface area contributed by atoms with E-state index in [1.807, 2.05) is 6.07 Å². The Kier molecular flexibility index (Phi) is 2.16. The summed E-state index contributed by atoms with van der Waals surface area (Å²) in [5.41, 5.74) is 3.44. The van der Waals surface area contributed by atoms with Crippen molar-refractivity contribution in [1.29, 1.82) is 0 Å². The Labute approximate surface area is 101 Å². The highest BCUT2D eigenvalue weighted by Crippen LogP contribution is 2.29. The fourth-order valence-electron chi connectivity index (χ4n) is 2.48. The summed E-state index contributed by atoms with van der Waals surface area (Å²) in [5, 5.41) is 2.58. The molecule has 0 aliphatic heterocycles. The SMILES string of the molecule is C#Cc1ccc2c3ccccc3n(CC)c2c1. The third kappa shape index (κ3) is 1.34. The molecule has 3 rings (SSSR count). The first-order valence-electron chi connectivity index (χ1n) is 5.82. The molecular weight excluding hydrogens is 206 g/mol. The quantitative estimate of drug-likeness (QED) is 0.549. The fourth-order valence-corrected chi connectivity index (χ4v) is 2.48. The lowest BCUT2D eigenvalue weighted by atomic mass is 10.1. The zero-order valence-electron chi connectivity index (χ0n) is 9.77. The van der Waals surface area contributed by atoms with Crippen molar-refractivity contribution >= 4 is 21.8 Å². The van der Waals surface area contributed by atoms with Crippen molar-refractivity contribution < 1.29 is 0 Å². The summed E-state index contributed by atoms with van der Waals surface area (Å²) in [6.45, 7) is 3.12. The maximum atomic E-state index is 5.47. The molecule has 0 unspecified atom stereocenters. The Morgan fingerprint density at radius 1 is 1.06 bits per heavy atom. The number of fused-ring (bicyclic) bond motifs is 3. The van der Waals surface area contributed by atoms with Crippen LogP contribution in [-0.4, -0.2) is 4.57 Å². The van der Waals surface area contributed by atoms with Gasteiger partial charge in [0.15, 0.2) is 0 Å². The van der Waals surface area contributed by atoms with Gasteiger partial charge in [0.2, 0.25) is 0 Å². The van der Waals surface area contributed by atoms with Gasteiger partial charge in [0.1, 0.15) is 0 Å². The molecule has 2 aromatic carbocycles. The number of nitrogens with zero attached hydrogens (tertiary/aromatic N) is 1. The van der Waals surface area contributed by atoms with Gasteiger partial charge in [0.05, 0.1) is 5.52 Å². The highest BCUT2D eigenvalue weighted by atomic mass is 15.0. The maximum absolute atomic E-state index is 5.47. The molecule has 0 saturated carbocycles. The molecule has 0 radical (unpaired) electrons. The smallest absolute Gasteiger partial charge is 0.0503 e. The first kappa shape index (κ1) is 9.99. The van der Waals surface area contributed by atoms with Crippen LogP contribution < -0.4 is 0 Å². The van der Waals surface area contributed by atoms with Gasteiger partial charge in [0.25, 0.3) is 0 Å². The number of benzene rings is 2. The number of aryl methyl sites for hydroxylation is 1. The predicted molar refractivity (Wildman–Crippen MR) is 73.1 cm³/mol. The van der Waals surface area contributed by atoms with Crippen molar-refractivity contribution in [3.8, 4) is 12.3 Å². The normalized spacial score (nSPS) is 10.8. The van der Waals surface area contributed by atoms with Crippen LogP contribution in [0.5, 0.6) is 0 Å². The van der Waals surface area contributed by atoms with Gasteiger partial charge in [-0.2, -0.15) is 0 Å². The van der Waals surface area contributed by atoms with Crippen molar-refractivity contribution in [3.63, 3.8) is 0 Å². The largest absolute Gasteiger partial charge is 0.341 e. The van der Waals surface area contributed by atoms with Gasteiger partial charge >= 0.3 is 0 Å². The van der Waals surface area contributed by atoms with E-state index in [2.05, 4.69) is 53.8 Å². The Morgan fingerprint density at radius 2 is 1.82 bits per heavy atom. The van der Waals surface area contributed by atoms with E-state index in [1.54, 1.807) is 0 Å². The molecule has 3 aromatic rings. The van der Waals surface area contributed by atoms with E-state index in [0.717, 1.165) is 12.1 Å². The third-order valence-corrected chi connectivity index (χ3v) is 3.26. The summed E-state index contributed by atoms with van der Waals surface area (Å²) in [4.78, 5) is 0. The molecule has 1 heterocycles. The molecule has 1 nitrogen and oxygen atoms in total. The number of hydrogen-bond donors (Lipinski definition) is 0. The molecule has 0 aliphatic rings. The summed E-state index contributed by atoms with van der Waals surface area (Å²) < 4.78 is 2.31. The van der Waals surface area contributed by atoms with Crippen LogP contribution in [0.25, 0.3) is 21.8 Å². The highest BCUT2D eigenvalue weighted by molar-refractivity contribution is 6.08. The monoisotopic (exact) mass is 219 g/mol. The lowest BCUT2D eigenvalue weighted by molar-refractivity contribution is 0.827. The molecule has 0 fully saturated rings. The van der Waals surface area contributed by atoms with E-state index in [1.165, 1.54) is 21.8 Å². The second kappa shape index (κ2) is 3.68. The molecule has 0 spiro atoms. The maximum Gasteiger partial charge on any atom is 0.0503 e. The Morgan fingerprint density at radius 3 is 2.59 bits per heavy atom. The van der Waals surface area contributed by atoms with Crippen molar-refractivity contribution in [2.75, 3.05) is 0 Å². The Bertz CT molecular complexity index is 741. The number of rotatable bonds is 1. The van der Waals surface area contributed by atoms with Crippen LogP contribution in [0.15, 0.2) is 42.5 Å². The molecule has 0 amide bonds. The van der Waals surface area contributed by atoms with Gasteiger partial charge in [-0.05, 0) is 25.1 Å². The van der Waals surface area contributed by atoms with Crippen molar-refractivity contribution in [2.24, 2.45) is 0 Å². The third-order valence-electron chi connectivity index (χ3n) is 3.26. The minimum Gasteiger partial charge on any atom is -0.341 e. The van der Waals surface area contributed by atoms with Crippen LogP contribution in [0.2, 0.25) is 0 Å². The van der Waals surface area contributed by atoms with E-state index >= 15 is 0 Å². The first-order valence-corrected chi connectivity index (χ1v) is 5.82. The van der Waals surface area contributed by atoms with Crippen LogP contribution in [0.4, 0.5) is 0 Å². The summed E-state index contributed by atoms with van der Waals surface area (Å²) in [7, 11) is 0. The van der Waals surface area contributed by atoms with Crippen LogP contribution in [0.1, 0.15) is 12.5 Å². The lowest BCUT2D eigenvalue weighted by Crippen LogP contribution is -1.92. The van der Waals surface area contributed by atoms with Crippen LogP contribution in [0, 0.1) is 12.3 Å².